The van der Waals surface area contributed by atoms with Gasteiger partial charge in [-0.05, 0) is 29.8 Å². The topological polar surface area (TPSA) is 44.6 Å². The average Bonchev–Trinajstić information content (AvgIpc) is 3.40. The van der Waals surface area contributed by atoms with Gasteiger partial charge in [-0.25, -0.2) is 8.78 Å². The Hall–Kier alpha value is -3.69. The number of anilines is 2. The number of alkyl halides is 3. The average molecular weight is 715 g/mol. The molecule has 1 aliphatic rings. The molecule has 202 valence electrons. The Kier molecular flexibility index (Phi) is 9.88. The third-order valence-electron chi connectivity index (χ3n) is 5.41. The minimum atomic E-state index is -4.36. The molecule has 0 N–H and O–H groups in total. The molecule has 0 saturated carbocycles. The van der Waals surface area contributed by atoms with Crippen molar-refractivity contribution in [3.05, 3.63) is 115 Å². The number of nitrogens with zero attached hydrogens (tertiary/aromatic N) is 5. The van der Waals surface area contributed by atoms with Crippen molar-refractivity contribution in [3.8, 4) is 11.3 Å². The van der Waals surface area contributed by atoms with Gasteiger partial charge in [-0.1, -0.05) is 66.6 Å². The standard InChI is InChI=1S/C15H10F3N3.C13H11F2N2.Ir/c16-15(17,18)12-6-8-14(9-7-12)21-11-20(10-19-21)13-4-2-1-3-5-13;1-8(2)9-5-6-16-11(7-9)10-3-4-12(14)17-13(10)15;/h1-8,10-11H;4-8H,1-2H3;/q-2;-1;+3. The van der Waals surface area contributed by atoms with Gasteiger partial charge in [0.05, 0.1) is 6.34 Å². The fourth-order valence-electron chi connectivity index (χ4n) is 3.38. The first-order chi connectivity index (χ1) is 18.1. The number of hydrogen-bond acceptors (Lipinski definition) is 5. The number of hydrogen-bond donors (Lipinski definition) is 0. The van der Waals surface area contributed by atoms with E-state index in [1.165, 1.54) is 11.1 Å². The van der Waals surface area contributed by atoms with Crippen molar-refractivity contribution < 1.29 is 42.1 Å². The number of rotatable bonds is 4. The van der Waals surface area contributed by atoms with E-state index in [0.29, 0.717) is 17.3 Å². The summed E-state index contributed by atoms with van der Waals surface area (Å²) in [5.74, 6) is -1.46. The zero-order valence-corrected chi connectivity index (χ0v) is 23.0. The Morgan fingerprint density at radius 1 is 0.949 bits per heavy atom. The van der Waals surface area contributed by atoms with Gasteiger partial charge in [-0.3, -0.25) is 4.98 Å². The van der Waals surface area contributed by atoms with Gasteiger partial charge in [0, 0.05) is 11.9 Å². The summed E-state index contributed by atoms with van der Waals surface area (Å²) < 4.78 is 63.6. The first-order valence-corrected chi connectivity index (χ1v) is 11.4. The Labute approximate surface area is 236 Å². The SMILES string of the molecule is CC(C)c1ccnc(-c2[c-]cc(F)nc2F)c1.FC(F)(F)c1c[c-]c(N2[CH-]N(c3ccccc3)C=N2)cc1.[Ir+3]. The van der Waals surface area contributed by atoms with Gasteiger partial charge in [-0.15, -0.1) is 18.8 Å². The number of para-hydroxylation sites is 1. The van der Waals surface area contributed by atoms with E-state index < -0.39 is 23.6 Å². The summed E-state index contributed by atoms with van der Waals surface area (Å²) in [5.41, 5.74) is 2.17. The van der Waals surface area contributed by atoms with Crippen LogP contribution < -0.4 is 9.91 Å². The van der Waals surface area contributed by atoms with Crippen molar-refractivity contribution >= 4 is 17.7 Å². The molecular weight excluding hydrogens is 694 g/mol. The van der Waals surface area contributed by atoms with Crippen LogP contribution in [0.1, 0.15) is 30.9 Å². The maximum Gasteiger partial charge on any atom is 3.00 e. The van der Waals surface area contributed by atoms with Gasteiger partial charge in [0.25, 0.3) is 0 Å². The Morgan fingerprint density at radius 2 is 1.69 bits per heavy atom. The summed E-state index contributed by atoms with van der Waals surface area (Å²) >= 11 is 0. The molecule has 0 spiro atoms. The van der Waals surface area contributed by atoms with Gasteiger partial charge in [0.2, 0.25) is 0 Å². The second-order valence-electron chi connectivity index (χ2n) is 8.41. The smallest absolute Gasteiger partial charge is 0.463 e. The van der Waals surface area contributed by atoms with Crippen LogP contribution in [0.15, 0.2) is 78.0 Å². The van der Waals surface area contributed by atoms with Crippen LogP contribution in [0.4, 0.5) is 33.3 Å². The quantitative estimate of drug-likeness (QED) is 0.127. The second kappa shape index (κ2) is 12.9. The van der Waals surface area contributed by atoms with Crippen LogP contribution >= 0.6 is 0 Å². The molecule has 39 heavy (non-hydrogen) atoms. The molecule has 0 unspecified atom stereocenters. The van der Waals surface area contributed by atoms with E-state index in [9.17, 15) is 22.0 Å². The van der Waals surface area contributed by atoms with Crippen LogP contribution in [0, 0.1) is 30.7 Å². The molecule has 0 atom stereocenters. The third-order valence-corrected chi connectivity index (χ3v) is 5.41. The van der Waals surface area contributed by atoms with Crippen molar-refractivity contribution in [2.45, 2.75) is 25.9 Å². The van der Waals surface area contributed by atoms with Crippen molar-refractivity contribution in [2.24, 2.45) is 5.10 Å². The summed E-state index contributed by atoms with van der Waals surface area (Å²) in [7, 11) is 0. The van der Waals surface area contributed by atoms with E-state index in [1.807, 2.05) is 50.2 Å². The predicted molar refractivity (Wildman–Crippen MR) is 135 cm³/mol. The zero-order valence-electron chi connectivity index (χ0n) is 20.6. The summed E-state index contributed by atoms with van der Waals surface area (Å²) in [6, 6.07) is 22.5. The van der Waals surface area contributed by atoms with Gasteiger partial charge in [-0.2, -0.15) is 36.5 Å². The molecule has 2 aromatic carbocycles. The van der Waals surface area contributed by atoms with Gasteiger partial charge in [0.1, 0.15) is 11.9 Å². The number of hydrazone groups is 1. The molecule has 0 bridgehead atoms. The van der Waals surface area contributed by atoms with Crippen LogP contribution in [0.5, 0.6) is 0 Å². The fourth-order valence-corrected chi connectivity index (χ4v) is 3.38. The number of halogens is 5. The van der Waals surface area contributed by atoms with Crippen LogP contribution in [-0.4, -0.2) is 16.3 Å². The molecule has 1 aliphatic heterocycles. The van der Waals surface area contributed by atoms with Crippen LogP contribution in [-0.2, 0) is 26.3 Å². The largest absolute Gasteiger partial charge is 3.00 e. The van der Waals surface area contributed by atoms with Crippen molar-refractivity contribution in [2.75, 3.05) is 9.91 Å². The van der Waals surface area contributed by atoms with E-state index in [1.54, 1.807) is 30.2 Å². The second-order valence-corrected chi connectivity index (χ2v) is 8.41. The van der Waals surface area contributed by atoms with E-state index >= 15 is 0 Å². The molecule has 2 aromatic heterocycles. The zero-order chi connectivity index (χ0) is 27.3. The molecule has 3 heterocycles. The van der Waals surface area contributed by atoms with Crippen molar-refractivity contribution in [1.82, 2.24) is 9.97 Å². The summed E-state index contributed by atoms with van der Waals surface area (Å²) in [5, 5.41) is 5.59. The molecule has 5 rings (SSSR count). The van der Waals surface area contributed by atoms with E-state index in [-0.39, 0.29) is 25.7 Å². The third kappa shape index (κ3) is 7.68. The fraction of sp³-hybridized carbons (Fsp3) is 0.143. The van der Waals surface area contributed by atoms with Crippen LogP contribution in [0.25, 0.3) is 11.3 Å². The molecule has 5 nitrogen and oxygen atoms in total. The Bertz CT molecular complexity index is 1400. The van der Waals surface area contributed by atoms with Gasteiger partial charge >= 0.3 is 26.3 Å². The number of aromatic nitrogens is 2. The summed E-state index contributed by atoms with van der Waals surface area (Å²) in [6.07, 6.45) is -1.18. The first-order valence-electron chi connectivity index (χ1n) is 11.4. The van der Waals surface area contributed by atoms with E-state index in [0.717, 1.165) is 29.4 Å². The molecule has 0 aliphatic carbocycles. The van der Waals surface area contributed by atoms with Crippen molar-refractivity contribution in [3.63, 3.8) is 0 Å². The Balaban J connectivity index is 0.000000215. The van der Waals surface area contributed by atoms with Gasteiger partial charge in [0.15, 0.2) is 0 Å². The minimum Gasteiger partial charge on any atom is -0.463 e. The Morgan fingerprint density at radius 3 is 2.31 bits per heavy atom. The first kappa shape index (κ1) is 29.9. The molecular formula is C28H21F5IrN5. The number of pyridine rings is 2. The predicted octanol–water partition coefficient (Wildman–Crippen LogP) is 7.24. The van der Waals surface area contributed by atoms with E-state index in [2.05, 4.69) is 27.2 Å². The maximum absolute atomic E-state index is 13.4. The van der Waals surface area contributed by atoms with Crippen LogP contribution in [0.3, 0.4) is 0 Å². The monoisotopic (exact) mass is 715 g/mol. The molecule has 0 radical (unpaired) electrons. The molecule has 11 heteroatoms. The van der Waals surface area contributed by atoms with Gasteiger partial charge < -0.3 is 14.9 Å². The maximum atomic E-state index is 13.4. The molecule has 4 aromatic rings. The summed E-state index contributed by atoms with van der Waals surface area (Å²) in [4.78, 5) is 8.94. The minimum absolute atomic E-state index is 0. The summed E-state index contributed by atoms with van der Waals surface area (Å²) in [6.45, 7) is 5.73. The number of benzene rings is 2. The molecule has 0 fully saturated rings. The molecule has 0 amide bonds. The molecule has 0 saturated heterocycles. The van der Waals surface area contributed by atoms with Crippen molar-refractivity contribution in [1.29, 1.82) is 0 Å². The van der Waals surface area contributed by atoms with Crippen LogP contribution in [0.2, 0.25) is 0 Å². The normalized spacial score (nSPS) is 12.7. The van der Waals surface area contributed by atoms with E-state index in [4.69, 9.17) is 0 Å².